The summed E-state index contributed by atoms with van der Waals surface area (Å²) < 4.78 is 12.5. The van der Waals surface area contributed by atoms with Crippen LogP contribution in [-0.2, 0) is 19.1 Å². The smallest absolute Gasteiger partial charge is 0.317 e. The average Bonchev–Trinajstić information content (AvgIpc) is 2.51. The molecule has 1 aliphatic heterocycles. The summed E-state index contributed by atoms with van der Waals surface area (Å²) in [6.45, 7) is 15.1. The molecule has 6 atom stereocenters. The van der Waals surface area contributed by atoms with Gasteiger partial charge in [0.05, 0.1) is 11.2 Å². The van der Waals surface area contributed by atoms with Crippen LogP contribution in [0.25, 0.3) is 0 Å². The Balaban J connectivity index is 2.00. The molecule has 0 spiro atoms. The standard InChI is InChI=1S/C23H36O5/c1-7-21(4)12-9-16-22(5)11-8-10-20(2,3)19(22)15(14-23(16,6)28-21)27-18(26)13-17(24)25/h7,15-16,19H,1,8-14H2,2-6H3,(H,24,25)/t15-,16-,19-,21-,22+,23+/m0/s1. The number of carbonyl (C=O) groups excluding carboxylic acids is 1. The van der Waals surface area contributed by atoms with Crippen LogP contribution in [0.4, 0.5) is 0 Å². The second kappa shape index (κ2) is 6.86. The van der Waals surface area contributed by atoms with Gasteiger partial charge in [0.15, 0.2) is 0 Å². The van der Waals surface area contributed by atoms with Crippen molar-refractivity contribution < 1.29 is 24.2 Å². The van der Waals surface area contributed by atoms with Crippen molar-refractivity contribution in [2.45, 2.75) is 96.9 Å². The van der Waals surface area contributed by atoms with Crippen LogP contribution in [0.1, 0.15) is 79.6 Å². The molecule has 0 aromatic rings. The van der Waals surface area contributed by atoms with E-state index < -0.39 is 24.0 Å². The highest BCUT2D eigenvalue weighted by Crippen LogP contribution is 2.66. The number of hydrogen-bond donors (Lipinski definition) is 1. The van der Waals surface area contributed by atoms with Crippen LogP contribution in [-0.4, -0.2) is 34.4 Å². The second-order valence-corrected chi connectivity index (χ2v) is 10.7. The van der Waals surface area contributed by atoms with Gasteiger partial charge in [0, 0.05) is 12.3 Å². The summed E-state index contributed by atoms with van der Waals surface area (Å²) in [4.78, 5) is 23.3. The van der Waals surface area contributed by atoms with Crippen LogP contribution >= 0.6 is 0 Å². The molecule has 0 aromatic heterocycles. The lowest BCUT2D eigenvalue weighted by Crippen LogP contribution is -2.67. The molecule has 0 amide bonds. The molecule has 3 fully saturated rings. The van der Waals surface area contributed by atoms with E-state index in [2.05, 4.69) is 41.2 Å². The molecule has 1 N–H and O–H groups in total. The summed E-state index contributed by atoms with van der Waals surface area (Å²) in [6.07, 6.45) is 6.92. The van der Waals surface area contributed by atoms with Gasteiger partial charge in [-0.15, -0.1) is 6.58 Å². The number of carboxylic acid groups (broad SMARTS) is 1. The van der Waals surface area contributed by atoms with Crippen molar-refractivity contribution in [3.8, 4) is 0 Å². The maximum absolute atomic E-state index is 12.3. The lowest BCUT2D eigenvalue weighted by molar-refractivity contribution is -0.279. The Morgan fingerprint density at radius 2 is 1.86 bits per heavy atom. The Hall–Kier alpha value is -1.36. The summed E-state index contributed by atoms with van der Waals surface area (Å²) in [7, 11) is 0. The summed E-state index contributed by atoms with van der Waals surface area (Å²) in [6, 6.07) is 0. The summed E-state index contributed by atoms with van der Waals surface area (Å²) in [5, 5.41) is 9.00. The third-order valence-electron chi connectivity index (χ3n) is 8.01. The molecule has 3 rings (SSSR count). The minimum Gasteiger partial charge on any atom is -0.481 e. The van der Waals surface area contributed by atoms with E-state index in [1.165, 1.54) is 0 Å². The van der Waals surface area contributed by atoms with Crippen molar-refractivity contribution >= 4 is 11.9 Å². The monoisotopic (exact) mass is 392 g/mol. The molecular formula is C23H36O5. The number of aliphatic carboxylic acids is 1. The first-order valence-electron chi connectivity index (χ1n) is 10.6. The van der Waals surface area contributed by atoms with Gasteiger partial charge in [-0.05, 0) is 56.3 Å². The molecule has 158 valence electrons. The molecule has 1 saturated heterocycles. The lowest BCUT2D eigenvalue weighted by atomic mass is 9.43. The van der Waals surface area contributed by atoms with Gasteiger partial charge in [0.1, 0.15) is 12.5 Å². The predicted octanol–water partition coefficient (Wildman–Crippen LogP) is 4.74. The number of esters is 1. The Bertz CT molecular complexity index is 670. The molecule has 3 aliphatic rings. The predicted molar refractivity (Wildman–Crippen MR) is 107 cm³/mol. The van der Waals surface area contributed by atoms with Crippen molar-refractivity contribution in [2.24, 2.45) is 22.7 Å². The van der Waals surface area contributed by atoms with Gasteiger partial charge >= 0.3 is 11.9 Å². The van der Waals surface area contributed by atoms with Crippen LogP contribution in [0.3, 0.4) is 0 Å². The Morgan fingerprint density at radius 3 is 2.46 bits per heavy atom. The van der Waals surface area contributed by atoms with E-state index in [0.29, 0.717) is 12.3 Å². The Labute approximate surface area is 168 Å². The molecule has 2 saturated carbocycles. The van der Waals surface area contributed by atoms with Crippen molar-refractivity contribution in [3.63, 3.8) is 0 Å². The fourth-order valence-corrected chi connectivity index (χ4v) is 7.15. The molecule has 0 bridgehead atoms. The lowest BCUT2D eigenvalue weighted by Gasteiger charge is -2.66. The van der Waals surface area contributed by atoms with Gasteiger partial charge in [-0.1, -0.05) is 33.3 Å². The largest absolute Gasteiger partial charge is 0.481 e. The van der Waals surface area contributed by atoms with Gasteiger partial charge in [-0.3, -0.25) is 9.59 Å². The SMILES string of the molecule is C=C[C@@]1(C)CC[C@H]2[C@@]3(C)CCCC(C)(C)[C@@H]3[C@@H](OC(=O)CC(=O)O)C[C@@]2(C)O1. The highest BCUT2D eigenvalue weighted by molar-refractivity contribution is 5.90. The minimum atomic E-state index is -1.15. The maximum atomic E-state index is 12.3. The zero-order valence-electron chi connectivity index (χ0n) is 18.0. The van der Waals surface area contributed by atoms with Crippen LogP contribution in [0.15, 0.2) is 12.7 Å². The molecule has 5 nitrogen and oxygen atoms in total. The highest BCUT2D eigenvalue weighted by atomic mass is 16.6. The third-order valence-corrected chi connectivity index (χ3v) is 8.01. The summed E-state index contributed by atoms with van der Waals surface area (Å²) in [5.41, 5.74) is -0.782. The van der Waals surface area contributed by atoms with Crippen molar-refractivity contribution in [1.82, 2.24) is 0 Å². The van der Waals surface area contributed by atoms with E-state index in [9.17, 15) is 9.59 Å². The first-order chi connectivity index (χ1) is 12.9. The highest BCUT2D eigenvalue weighted by Gasteiger charge is 2.65. The number of hydrogen-bond acceptors (Lipinski definition) is 4. The Morgan fingerprint density at radius 1 is 1.18 bits per heavy atom. The fourth-order valence-electron chi connectivity index (χ4n) is 7.15. The van der Waals surface area contributed by atoms with Crippen LogP contribution in [0, 0.1) is 22.7 Å². The molecule has 28 heavy (non-hydrogen) atoms. The molecule has 5 heteroatoms. The van der Waals surface area contributed by atoms with Crippen molar-refractivity contribution in [3.05, 3.63) is 12.7 Å². The van der Waals surface area contributed by atoms with Crippen LogP contribution in [0.5, 0.6) is 0 Å². The first-order valence-corrected chi connectivity index (χ1v) is 10.6. The van der Waals surface area contributed by atoms with Crippen LogP contribution < -0.4 is 0 Å². The molecule has 0 radical (unpaired) electrons. The zero-order valence-corrected chi connectivity index (χ0v) is 18.0. The number of carbonyl (C=O) groups is 2. The molecule has 1 heterocycles. The molecular weight excluding hydrogens is 356 g/mol. The van der Waals surface area contributed by atoms with E-state index >= 15 is 0 Å². The van der Waals surface area contributed by atoms with Crippen LogP contribution in [0.2, 0.25) is 0 Å². The number of fused-ring (bicyclic) bond motifs is 3. The van der Waals surface area contributed by atoms with E-state index in [1.807, 2.05) is 6.08 Å². The first kappa shape index (κ1) is 21.4. The van der Waals surface area contributed by atoms with Gasteiger partial charge in [-0.2, -0.15) is 0 Å². The van der Waals surface area contributed by atoms with E-state index in [4.69, 9.17) is 14.6 Å². The quantitative estimate of drug-likeness (QED) is 0.425. The fraction of sp³-hybridized carbons (Fsp3) is 0.826. The average molecular weight is 393 g/mol. The number of rotatable bonds is 4. The topological polar surface area (TPSA) is 72.8 Å². The third kappa shape index (κ3) is 3.51. The van der Waals surface area contributed by atoms with E-state index in [0.717, 1.165) is 32.1 Å². The van der Waals surface area contributed by atoms with Gasteiger partial charge in [0.2, 0.25) is 0 Å². The van der Waals surface area contributed by atoms with E-state index in [1.54, 1.807) is 0 Å². The number of carboxylic acids is 1. The molecule has 0 unspecified atom stereocenters. The zero-order chi connectivity index (χ0) is 21.0. The second-order valence-electron chi connectivity index (χ2n) is 10.7. The van der Waals surface area contributed by atoms with Gasteiger partial charge in [0.25, 0.3) is 0 Å². The number of ether oxygens (including phenoxy) is 2. The van der Waals surface area contributed by atoms with Crippen molar-refractivity contribution in [1.29, 1.82) is 0 Å². The maximum Gasteiger partial charge on any atom is 0.317 e. The molecule has 2 aliphatic carbocycles. The van der Waals surface area contributed by atoms with Gasteiger partial charge in [-0.25, -0.2) is 0 Å². The van der Waals surface area contributed by atoms with E-state index in [-0.39, 0.29) is 28.5 Å². The normalized spacial score (nSPS) is 44.7. The summed E-state index contributed by atoms with van der Waals surface area (Å²) in [5.74, 6) is -1.22. The summed E-state index contributed by atoms with van der Waals surface area (Å²) >= 11 is 0. The minimum absolute atomic E-state index is 0.00851. The molecule has 0 aromatic carbocycles. The van der Waals surface area contributed by atoms with Crippen molar-refractivity contribution in [2.75, 3.05) is 0 Å². The van der Waals surface area contributed by atoms with Gasteiger partial charge < -0.3 is 14.6 Å². The Kier molecular flexibility index (Phi) is 5.23.